The summed E-state index contributed by atoms with van der Waals surface area (Å²) in [5, 5.41) is 8.32. The van der Waals surface area contributed by atoms with Gasteiger partial charge in [-0.2, -0.15) is 0 Å². The second-order valence-electron chi connectivity index (χ2n) is 8.05. The molecular weight excluding hydrogens is 409 g/mol. The van der Waals surface area contributed by atoms with Crippen LogP contribution in [0.1, 0.15) is 41.4 Å². The Morgan fingerprint density at radius 1 is 1.09 bits per heavy atom. The molecule has 3 N–H and O–H groups in total. The normalized spacial score (nSPS) is 15.2. The second-order valence-corrected chi connectivity index (χ2v) is 8.05. The number of aryl methyl sites for hydroxylation is 1. The van der Waals surface area contributed by atoms with Crippen molar-refractivity contribution in [1.82, 2.24) is 15.5 Å². The molecule has 1 saturated heterocycles. The van der Waals surface area contributed by atoms with Gasteiger partial charge in [-0.15, -0.1) is 0 Å². The van der Waals surface area contributed by atoms with Gasteiger partial charge in [-0.1, -0.05) is 6.92 Å². The van der Waals surface area contributed by atoms with E-state index >= 15 is 0 Å². The number of anilines is 2. The lowest BCUT2D eigenvalue weighted by atomic mass is 10.0. The van der Waals surface area contributed by atoms with Crippen LogP contribution in [0.2, 0.25) is 0 Å². The van der Waals surface area contributed by atoms with Crippen LogP contribution in [0, 0.1) is 12.7 Å². The molecule has 1 atom stereocenters. The van der Waals surface area contributed by atoms with Gasteiger partial charge in [-0.3, -0.25) is 4.79 Å². The van der Waals surface area contributed by atoms with Crippen molar-refractivity contribution in [1.29, 1.82) is 0 Å². The molecule has 0 unspecified atom stereocenters. The third kappa shape index (κ3) is 5.56. The molecule has 8 heteroatoms. The first kappa shape index (κ1) is 23.5. The van der Waals surface area contributed by atoms with E-state index in [-0.39, 0.29) is 17.8 Å². The lowest BCUT2D eigenvalue weighted by molar-refractivity contribution is 0.0963. The highest BCUT2D eigenvalue weighted by molar-refractivity contribution is 5.96. The highest BCUT2D eigenvalue weighted by atomic mass is 19.1. The number of carbonyl (C=O) groups excluding carboxylic acids is 2. The fraction of sp³-hybridized carbons (Fsp3) is 0.417. The molecule has 0 aliphatic carbocycles. The van der Waals surface area contributed by atoms with Gasteiger partial charge in [0, 0.05) is 55.7 Å². The Kier molecular flexibility index (Phi) is 7.69. The first-order chi connectivity index (χ1) is 15.3. The average molecular weight is 442 g/mol. The number of hydrogen-bond acceptors (Lipinski definition) is 4. The molecule has 7 nitrogen and oxygen atoms in total. The van der Waals surface area contributed by atoms with Crippen LogP contribution >= 0.6 is 0 Å². The number of halogens is 1. The van der Waals surface area contributed by atoms with Gasteiger partial charge in [0.05, 0.1) is 6.04 Å². The molecular formula is C24H32FN5O2. The molecule has 2 aromatic carbocycles. The van der Waals surface area contributed by atoms with Crippen molar-refractivity contribution in [3.05, 3.63) is 58.9 Å². The molecule has 1 aliphatic heterocycles. The highest BCUT2D eigenvalue weighted by Crippen LogP contribution is 2.28. The summed E-state index contributed by atoms with van der Waals surface area (Å²) in [6, 6.07) is 9.05. The predicted molar refractivity (Wildman–Crippen MR) is 126 cm³/mol. The van der Waals surface area contributed by atoms with E-state index < -0.39 is 6.04 Å². The molecule has 0 spiro atoms. The van der Waals surface area contributed by atoms with Crippen molar-refractivity contribution in [2.75, 3.05) is 50.0 Å². The molecule has 1 heterocycles. The van der Waals surface area contributed by atoms with E-state index in [9.17, 15) is 14.0 Å². The number of nitrogens with zero attached hydrogens (tertiary/aromatic N) is 2. The summed E-state index contributed by atoms with van der Waals surface area (Å²) < 4.78 is 14.1. The Balaban J connectivity index is 1.70. The van der Waals surface area contributed by atoms with E-state index in [1.165, 1.54) is 12.1 Å². The molecule has 0 saturated carbocycles. The number of hydrogen-bond donors (Lipinski definition) is 3. The molecule has 172 valence electrons. The number of nitrogens with one attached hydrogen (secondary N) is 3. The van der Waals surface area contributed by atoms with Crippen molar-refractivity contribution < 1.29 is 14.0 Å². The molecule has 0 bridgehead atoms. The van der Waals surface area contributed by atoms with Crippen LogP contribution in [-0.4, -0.2) is 56.6 Å². The summed E-state index contributed by atoms with van der Waals surface area (Å²) >= 11 is 0. The summed E-state index contributed by atoms with van der Waals surface area (Å²) in [6.07, 6.45) is 0. The minimum atomic E-state index is -0.393. The van der Waals surface area contributed by atoms with Crippen LogP contribution in [0.15, 0.2) is 36.4 Å². The average Bonchev–Trinajstić information content (AvgIpc) is 2.79. The summed E-state index contributed by atoms with van der Waals surface area (Å²) in [7, 11) is 1.57. The van der Waals surface area contributed by atoms with Gasteiger partial charge < -0.3 is 25.8 Å². The smallest absolute Gasteiger partial charge is 0.319 e. The molecule has 1 aliphatic rings. The lowest BCUT2D eigenvalue weighted by Crippen LogP contribution is -2.46. The fourth-order valence-corrected chi connectivity index (χ4v) is 3.99. The summed E-state index contributed by atoms with van der Waals surface area (Å²) in [5.74, 6) is -0.512. The summed E-state index contributed by atoms with van der Waals surface area (Å²) in [5.41, 5.74) is 3.60. The van der Waals surface area contributed by atoms with Crippen LogP contribution in [0.3, 0.4) is 0 Å². The topological polar surface area (TPSA) is 76.7 Å². The van der Waals surface area contributed by atoms with Crippen molar-refractivity contribution in [2.24, 2.45) is 0 Å². The lowest BCUT2D eigenvalue weighted by Gasteiger charge is -2.37. The zero-order valence-corrected chi connectivity index (χ0v) is 19.2. The van der Waals surface area contributed by atoms with Gasteiger partial charge >= 0.3 is 6.03 Å². The van der Waals surface area contributed by atoms with Gasteiger partial charge in [-0.05, 0) is 62.4 Å². The Morgan fingerprint density at radius 3 is 2.44 bits per heavy atom. The summed E-state index contributed by atoms with van der Waals surface area (Å²) in [4.78, 5) is 29.1. The number of urea groups is 1. The standard InChI is InChI=1S/C24H32FN5O2/c1-5-29-10-12-30(13-11-29)22-9-7-19(25)15-20(22)17(3)27-24(32)28-21-8-6-18(14-16(21)2)23(31)26-4/h6-9,14-15,17H,5,10-13H2,1-4H3,(H,26,31)(H2,27,28,32)/t17-/m0/s1. The van der Waals surface area contributed by atoms with Gasteiger partial charge in [-0.25, -0.2) is 9.18 Å². The Labute approximate surface area is 189 Å². The predicted octanol–water partition coefficient (Wildman–Crippen LogP) is 3.52. The van der Waals surface area contributed by atoms with E-state index in [1.54, 1.807) is 31.3 Å². The zero-order chi connectivity index (χ0) is 23.3. The van der Waals surface area contributed by atoms with Crippen molar-refractivity contribution in [3.63, 3.8) is 0 Å². The maximum absolute atomic E-state index is 14.1. The molecule has 2 aromatic rings. The van der Waals surface area contributed by atoms with Crippen LogP contribution < -0.4 is 20.9 Å². The van der Waals surface area contributed by atoms with Gasteiger partial charge in [0.1, 0.15) is 5.82 Å². The van der Waals surface area contributed by atoms with E-state index in [2.05, 4.69) is 32.7 Å². The van der Waals surface area contributed by atoms with E-state index in [4.69, 9.17) is 0 Å². The van der Waals surface area contributed by atoms with Crippen molar-refractivity contribution in [2.45, 2.75) is 26.8 Å². The van der Waals surface area contributed by atoms with Crippen LogP contribution in [0.25, 0.3) is 0 Å². The first-order valence-electron chi connectivity index (χ1n) is 11.0. The number of rotatable bonds is 6. The largest absolute Gasteiger partial charge is 0.369 e. The Morgan fingerprint density at radius 2 is 1.81 bits per heavy atom. The molecule has 32 heavy (non-hydrogen) atoms. The van der Waals surface area contributed by atoms with Crippen LogP contribution in [0.5, 0.6) is 0 Å². The highest BCUT2D eigenvalue weighted by Gasteiger charge is 2.22. The van der Waals surface area contributed by atoms with E-state index in [1.807, 2.05) is 13.8 Å². The number of likely N-dealkylation sites (N-methyl/N-ethyl adjacent to an activating group) is 1. The Bertz CT molecular complexity index is 973. The quantitative estimate of drug-likeness (QED) is 0.641. The van der Waals surface area contributed by atoms with Crippen molar-refractivity contribution >= 4 is 23.3 Å². The fourth-order valence-electron chi connectivity index (χ4n) is 3.99. The monoisotopic (exact) mass is 441 g/mol. The number of benzene rings is 2. The maximum atomic E-state index is 14.1. The molecule has 0 radical (unpaired) electrons. The Hall–Kier alpha value is -3.13. The van der Waals surface area contributed by atoms with Gasteiger partial charge in [0.2, 0.25) is 0 Å². The third-order valence-electron chi connectivity index (χ3n) is 5.93. The van der Waals surface area contributed by atoms with Crippen molar-refractivity contribution in [3.8, 4) is 0 Å². The van der Waals surface area contributed by atoms with Gasteiger partial charge in [0.15, 0.2) is 0 Å². The first-order valence-corrected chi connectivity index (χ1v) is 11.0. The zero-order valence-electron chi connectivity index (χ0n) is 19.2. The number of piperazine rings is 1. The third-order valence-corrected chi connectivity index (χ3v) is 5.93. The second kappa shape index (κ2) is 10.5. The molecule has 0 aromatic heterocycles. The minimum absolute atomic E-state index is 0.184. The molecule has 1 fully saturated rings. The van der Waals surface area contributed by atoms with E-state index in [0.29, 0.717) is 11.3 Å². The maximum Gasteiger partial charge on any atom is 0.319 e. The summed E-state index contributed by atoms with van der Waals surface area (Å²) in [6.45, 7) is 10.5. The van der Waals surface area contributed by atoms with Crippen LogP contribution in [-0.2, 0) is 0 Å². The van der Waals surface area contributed by atoms with E-state index in [0.717, 1.165) is 49.5 Å². The van der Waals surface area contributed by atoms with Crippen LogP contribution in [0.4, 0.5) is 20.6 Å². The number of carbonyl (C=O) groups is 2. The minimum Gasteiger partial charge on any atom is -0.369 e. The SMILES string of the molecule is CCN1CCN(c2ccc(F)cc2[C@H](C)NC(=O)Nc2ccc(C(=O)NC)cc2C)CC1. The van der Waals surface area contributed by atoms with Gasteiger partial charge in [0.25, 0.3) is 5.91 Å². The molecule has 3 rings (SSSR count). The molecule has 3 amide bonds. The number of amides is 3.